The van der Waals surface area contributed by atoms with Crippen molar-refractivity contribution in [1.82, 2.24) is 14.8 Å². The quantitative estimate of drug-likeness (QED) is 0.887. The van der Waals surface area contributed by atoms with Crippen LogP contribution in [0.4, 0.5) is 5.69 Å². The first-order valence-corrected chi connectivity index (χ1v) is 6.15. The molecule has 0 aliphatic heterocycles. The Labute approximate surface area is 115 Å². The van der Waals surface area contributed by atoms with Gasteiger partial charge in [-0.25, -0.2) is 9.67 Å². The van der Waals surface area contributed by atoms with E-state index in [4.69, 9.17) is 17.3 Å². The van der Waals surface area contributed by atoms with E-state index < -0.39 is 0 Å². The summed E-state index contributed by atoms with van der Waals surface area (Å²) in [6.45, 7) is 2.04. The lowest BCUT2D eigenvalue weighted by Gasteiger charge is -2.13. The Morgan fingerprint density at radius 3 is 3.00 bits per heavy atom. The SMILES string of the molecule is CC(CN)C(=O)Nc1cc(Cl)ccc1-n1cncn1. The number of carbonyl (C=O) groups is 1. The van der Waals surface area contributed by atoms with Crippen LogP contribution in [-0.4, -0.2) is 27.2 Å². The minimum absolute atomic E-state index is 0.161. The van der Waals surface area contributed by atoms with Crippen LogP contribution in [-0.2, 0) is 4.79 Å². The van der Waals surface area contributed by atoms with Crippen molar-refractivity contribution in [2.75, 3.05) is 11.9 Å². The van der Waals surface area contributed by atoms with E-state index in [0.29, 0.717) is 16.4 Å². The van der Waals surface area contributed by atoms with Crippen LogP contribution in [0.15, 0.2) is 30.9 Å². The number of nitrogens with two attached hydrogens (primary N) is 1. The van der Waals surface area contributed by atoms with Crippen LogP contribution in [0.1, 0.15) is 6.92 Å². The molecule has 19 heavy (non-hydrogen) atoms. The standard InChI is InChI=1S/C12H14ClN5O/c1-8(5-14)12(19)17-10-4-9(13)2-3-11(10)18-7-15-6-16-18/h2-4,6-8H,5,14H2,1H3,(H,17,19). The van der Waals surface area contributed by atoms with Crippen LogP contribution in [0.3, 0.4) is 0 Å². The lowest BCUT2D eigenvalue weighted by atomic mass is 10.1. The summed E-state index contributed by atoms with van der Waals surface area (Å²) in [6, 6.07) is 5.15. The second-order valence-corrected chi connectivity index (χ2v) is 4.56. The van der Waals surface area contributed by atoms with E-state index in [2.05, 4.69) is 15.4 Å². The van der Waals surface area contributed by atoms with Crippen LogP contribution in [0.2, 0.25) is 5.02 Å². The molecule has 1 heterocycles. The van der Waals surface area contributed by atoms with Gasteiger partial charge >= 0.3 is 0 Å². The number of rotatable bonds is 4. The van der Waals surface area contributed by atoms with Gasteiger partial charge < -0.3 is 11.1 Å². The molecule has 2 aromatic rings. The van der Waals surface area contributed by atoms with E-state index in [1.165, 1.54) is 6.33 Å². The molecule has 0 aliphatic rings. The molecule has 0 spiro atoms. The number of hydrogen-bond donors (Lipinski definition) is 2. The third-order valence-electron chi connectivity index (χ3n) is 2.68. The molecule has 1 amide bonds. The van der Waals surface area contributed by atoms with Crippen LogP contribution >= 0.6 is 11.6 Å². The molecule has 7 heteroatoms. The van der Waals surface area contributed by atoms with Gasteiger partial charge in [-0.3, -0.25) is 4.79 Å². The topological polar surface area (TPSA) is 85.8 Å². The summed E-state index contributed by atoms with van der Waals surface area (Å²) in [5.74, 6) is -0.436. The molecule has 2 rings (SSSR count). The maximum atomic E-state index is 11.9. The van der Waals surface area contributed by atoms with Gasteiger partial charge in [0.25, 0.3) is 0 Å². The zero-order valence-corrected chi connectivity index (χ0v) is 11.1. The van der Waals surface area contributed by atoms with E-state index in [1.807, 2.05) is 0 Å². The number of amides is 1. The maximum absolute atomic E-state index is 11.9. The van der Waals surface area contributed by atoms with Gasteiger partial charge in [-0.15, -0.1) is 0 Å². The second kappa shape index (κ2) is 5.81. The number of hydrogen-bond acceptors (Lipinski definition) is 4. The molecule has 0 radical (unpaired) electrons. The summed E-state index contributed by atoms with van der Waals surface area (Å²) in [7, 11) is 0. The van der Waals surface area contributed by atoms with Crippen LogP contribution in [0.25, 0.3) is 5.69 Å². The van der Waals surface area contributed by atoms with Gasteiger partial charge in [-0.1, -0.05) is 18.5 Å². The van der Waals surface area contributed by atoms with Gasteiger partial charge in [0.05, 0.1) is 11.4 Å². The third-order valence-corrected chi connectivity index (χ3v) is 2.92. The second-order valence-electron chi connectivity index (χ2n) is 4.13. The van der Waals surface area contributed by atoms with E-state index >= 15 is 0 Å². The summed E-state index contributed by atoms with van der Waals surface area (Å²) in [5, 5.41) is 7.36. The minimum Gasteiger partial charge on any atom is -0.330 e. The number of aromatic nitrogens is 3. The predicted molar refractivity (Wildman–Crippen MR) is 73.2 cm³/mol. The van der Waals surface area contributed by atoms with Gasteiger partial charge in [0, 0.05) is 17.5 Å². The first-order chi connectivity index (χ1) is 9.11. The zero-order chi connectivity index (χ0) is 13.8. The summed E-state index contributed by atoms with van der Waals surface area (Å²) < 4.78 is 1.55. The first kappa shape index (κ1) is 13.5. The molecule has 0 bridgehead atoms. The van der Waals surface area contributed by atoms with Crippen molar-refractivity contribution in [3.63, 3.8) is 0 Å². The van der Waals surface area contributed by atoms with Crippen LogP contribution < -0.4 is 11.1 Å². The number of nitrogens with one attached hydrogen (secondary N) is 1. The Morgan fingerprint density at radius 1 is 1.58 bits per heavy atom. The lowest BCUT2D eigenvalue weighted by molar-refractivity contribution is -0.119. The number of nitrogens with zero attached hydrogens (tertiary/aromatic N) is 3. The van der Waals surface area contributed by atoms with Crippen molar-refractivity contribution in [2.45, 2.75) is 6.92 Å². The Balaban J connectivity index is 2.33. The highest BCUT2D eigenvalue weighted by molar-refractivity contribution is 6.31. The van der Waals surface area contributed by atoms with Gasteiger partial charge in [0.15, 0.2) is 0 Å². The number of benzene rings is 1. The highest BCUT2D eigenvalue weighted by Gasteiger charge is 2.14. The fraction of sp³-hybridized carbons (Fsp3) is 0.250. The molecule has 3 N–H and O–H groups in total. The molecule has 1 atom stereocenters. The lowest BCUT2D eigenvalue weighted by Crippen LogP contribution is -2.27. The summed E-state index contributed by atoms with van der Waals surface area (Å²) in [4.78, 5) is 15.8. The molecule has 1 unspecified atom stereocenters. The van der Waals surface area contributed by atoms with Crippen molar-refractivity contribution < 1.29 is 4.79 Å². The average molecular weight is 280 g/mol. The number of anilines is 1. The maximum Gasteiger partial charge on any atom is 0.228 e. The Kier molecular flexibility index (Phi) is 4.13. The van der Waals surface area contributed by atoms with E-state index in [1.54, 1.807) is 36.1 Å². The molecule has 100 valence electrons. The highest BCUT2D eigenvalue weighted by Crippen LogP contribution is 2.24. The average Bonchev–Trinajstić information content (AvgIpc) is 2.91. The molecule has 0 saturated carbocycles. The molecule has 0 fully saturated rings. The predicted octanol–water partition coefficient (Wildman–Crippen LogP) is 1.45. The van der Waals surface area contributed by atoms with Gasteiger partial charge in [0.1, 0.15) is 12.7 Å². The molecule has 0 aliphatic carbocycles. The Morgan fingerprint density at radius 2 is 2.37 bits per heavy atom. The van der Waals surface area contributed by atoms with Gasteiger partial charge in [-0.05, 0) is 18.2 Å². The molecule has 1 aromatic heterocycles. The minimum atomic E-state index is -0.275. The first-order valence-electron chi connectivity index (χ1n) is 5.77. The van der Waals surface area contributed by atoms with Crippen LogP contribution in [0.5, 0.6) is 0 Å². The van der Waals surface area contributed by atoms with Crippen molar-refractivity contribution in [3.05, 3.63) is 35.9 Å². The van der Waals surface area contributed by atoms with Crippen LogP contribution in [0, 0.1) is 5.92 Å². The Hall–Kier alpha value is -1.92. The summed E-state index contributed by atoms with van der Waals surface area (Å²) in [6.07, 6.45) is 2.97. The van der Waals surface area contributed by atoms with E-state index in [0.717, 1.165) is 0 Å². The molecule has 0 saturated heterocycles. The molecular weight excluding hydrogens is 266 g/mol. The van der Waals surface area contributed by atoms with Crippen molar-refractivity contribution >= 4 is 23.2 Å². The smallest absolute Gasteiger partial charge is 0.228 e. The molecular formula is C12H14ClN5O. The van der Waals surface area contributed by atoms with Crippen molar-refractivity contribution in [1.29, 1.82) is 0 Å². The number of carbonyl (C=O) groups excluding carboxylic acids is 1. The normalized spacial score (nSPS) is 12.2. The zero-order valence-electron chi connectivity index (χ0n) is 10.4. The number of halogens is 1. The summed E-state index contributed by atoms with van der Waals surface area (Å²) in [5.41, 5.74) is 6.74. The third kappa shape index (κ3) is 3.10. The molecule has 1 aromatic carbocycles. The van der Waals surface area contributed by atoms with E-state index in [9.17, 15) is 4.79 Å². The summed E-state index contributed by atoms with van der Waals surface area (Å²) >= 11 is 5.95. The fourth-order valence-electron chi connectivity index (χ4n) is 1.50. The monoisotopic (exact) mass is 279 g/mol. The largest absolute Gasteiger partial charge is 0.330 e. The highest BCUT2D eigenvalue weighted by atomic mass is 35.5. The van der Waals surface area contributed by atoms with Gasteiger partial charge in [0.2, 0.25) is 5.91 Å². The molecule has 6 nitrogen and oxygen atoms in total. The fourth-order valence-corrected chi connectivity index (χ4v) is 1.68. The van der Waals surface area contributed by atoms with E-state index in [-0.39, 0.29) is 18.4 Å². The Bertz CT molecular complexity index is 570. The van der Waals surface area contributed by atoms with Gasteiger partial charge in [-0.2, -0.15) is 5.10 Å². The van der Waals surface area contributed by atoms with Crippen molar-refractivity contribution in [3.8, 4) is 5.69 Å². The van der Waals surface area contributed by atoms with Crippen molar-refractivity contribution in [2.24, 2.45) is 11.7 Å².